The second kappa shape index (κ2) is 3.44. The molecule has 0 aliphatic carbocycles. The summed E-state index contributed by atoms with van der Waals surface area (Å²) in [4.78, 5) is 0. The van der Waals surface area contributed by atoms with Gasteiger partial charge in [0, 0.05) is 0 Å². The number of alkyl halides is 1. The summed E-state index contributed by atoms with van der Waals surface area (Å²) in [5, 5.41) is 0. The third-order valence-corrected chi connectivity index (χ3v) is 1.07. The van der Waals surface area contributed by atoms with Crippen LogP contribution >= 0.6 is 23.2 Å². The zero-order valence-electron chi connectivity index (χ0n) is 3.49. The van der Waals surface area contributed by atoms with Crippen LogP contribution in [0.1, 0.15) is 0 Å². The lowest BCUT2D eigenvalue weighted by Crippen LogP contribution is -1.98. The third-order valence-electron chi connectivity index (χ3n) is 0.355. The van der Waals surface area contributed by atoms with E-state index in [4.69, 9.17) is 23.2 Å². The highest BCUT2D eigenvalue weighted by Crippen LogP contribution is 1.72. The van der Waals surface area contributed by atoms with E-state index < -0.39 is 0 Å². The Bertz CT molecular complexity index is 59.8. The monoisotopic (exact) mass is 126 g/mol. The molecule has 0 aromatic carbocycles. The molecule has 0 heterocycles. The molecule has 0 amide bonds. The summed E-state index contributed by atoms with van der Waals surface area (Å²) in [7, 11) is 1.79. The Labute approximate surface area is 47.2 Å². The van der Waals surface area contributed by atoms with Crippen LogP contribution in [0, 0.1) is 0 Å². The van der Waals surface area contributed by atoms with Crippen molar-refractivity contribution in [3.05, 3.63) is 0 Å². The van der Waals surface area contributed by atoms with Crippen LogP contribution in [0.25, 0.3) is 0 Å². The van der Waals surface area contributed by atoms with Gasteiger partial charge in [0.15, 0.2) is 0 Å². The molecule has 0 saturated carbocycles. The molecule has 0 bridgehead atoms. The van der Waals surface area contributed by atoms with Gasteiger partial charge in [-0.15, -0.1) is 0 Å². The lowest BCUT2D eigenvalue weighted by Gasteiger charge is -1.78. The highest BCUT2D eigenvalue weighted by Gasteiger charge is 1.81. The molecule has 0 radical (unpaired) electrons. The van der Waals surface area contributed by atoms with Crippen LogP contribution < -0.4 is 0 Å². The number of hydrogen-bond acceptors (Lipinski definition) is 0. The molecule has 0 spiro atoms. The normalized spacial score (nSPS) is 12.2. The van der Waals surface area contributed by atoms with Crippen molar-refractivity contribution in [3.8, 4) is 0 Å². The second-order valence-corrected chi connectivity index (χ2v) is 1.41. The Morgan fingerprint density at radius 2 is 2.33 bits per heavy atom. The minimum absolute atomic E-state index is 0.448. The zero-order valence-corrected chi connectivity index (χ0v) is 5.00. The van der Waals surface area contributed by atoms with Gasteiger partial charge in [0.25, 0.3) is 0 Å². The van der Waals surface area contributed by atoms with Crippen LogP contribution in [0.3, 0.4) is 0 Å². The minimum Gasteiger partial charge on any atom is -0.215 e. The molecule has 0 aliphatic rings. The summed E-state index contributed by atoms with van der Waals surface area (Å²) in [6.45, 7) is 0. The standard InChI is InChI=1S/C3H6Cl2N/c1-6(2-4)3-5/h2H,3H2,1H3/q+1. The molecule has 0 aliphatic heterocycles. The maximum absolute atomic E-state index is 5.26. The Kier molecular flexibility index (Phi) is 3.58. The molecule has 0 aromatic heterocycles. The van der Waals surface area contributed by atoms with E-state index in [2.05, 4.69) is 0 Å². The first-order valence-electron chi connectivity index (χ1n) is 1.51. The summed E-state index contributed by atoms with van der Waals surface area (Å²) < 4.78 is 1.66. The van der Waals surface area contributed by atoms with E-state index in [0.717, 1.165) is 0 Å². The Balaban J connectivity index is 3.22. The average molecular weight is 127 g/mol. The van der Waals surface area contributed by atoms with Gasteiger partial charge in [0.1, 0.15) is 7.05 Å². The molecule has 0 saturated heterocycles. The molecule has 0 aromatic rings. The average Bonchev–Trinajstić information content (AvgIpc) is 1.65. The number of nitrogens with zero attached hydrogens (tertiary/aromatic N) is 1. The van der Waals surface area contributed by atoms with E-state index in [1.807, 2.05) is 0 Å². The SMILES string of the molecule is C[N+](=CCl)CCl. The van der Waals surface area contributed by atoms with Gasteiger partial charge >= 0.3 is 0 Å². The minimum atomic E-state index is 0.448. The predicted molar refractivity (Wildman–Crippen MR) is 28.8 cm³/mol. The zero-order chi connectivity index (χ0) is 4.99. The van der Waals surface area contributed by atoms with Crippen molar-refractivity contribution in [2.45, 2.75) is 0 Å². The molecular weight excluding hydrogens is 121 g/mol. The van der Waals surface area contributed by atoms with Gasteiger partial charge in [-0.05, 0) is 11.6 Å². The lowest BCUT2D eigenvalue weighted by atomic mass is 11.1. The summed E-state index contributed by atoms with van der Waals surface area (Å²) in [5.74, 6) is 0. The van der Waals surface area contributed by atoms with Crippen LogP contribution in [0.15, 0.2) is 0 Å². The van der Waals surface area contributed by atoms with Gasteiger partial charge in [-0.2, -0.15) is 0 Å². The van der Waals surface area contributed by atoms with Crippen LogP contribution in [0.2, 0.25) is 0 Å². The van der Waals surface area contributed by atoms with Crippen LogP contribution in [-0.2, 0) is 0 Å². The van der Waals surface area contributed by atoms with E-state index in [0.29, 0.717) is 6.00 Å². The molecular formula is C3H6Cl2N+. The van der Waals surface area contributed by atoms with Crippen molar-refractivity contribution in [1.82, 2.24) is 0 Å². The topological polar surface area (TPSA) is 3.01 Å². The summed E-state index contributed by atoms with van der Waals surface area (Å²) >= 11 is 10.4. The molecule has 36 valence electrons. The van der Waals surface area contributed by atoms with Crippen LogP contribution in [-0.4, -0.2) is 23.3 Å². The van der Waals surface area contributed by atoms with Crippen LogP contribution in [0.5, 0.6) is 0 Å². The highest BCUT2D eigenvalue weighted by atomic mass is 35.5. The van der Waals surface area contributed by atoms with Gasteiger partial charge in [-0.3, -0.25) is 0 Å². The third kappa shape index (κ3) is 2.49. The van der Waals surface area contributed by atoms with Crippen LogP contribution in [0.4, 0.5) is 0 Å². The first kappa shape index (κ1) is 6.25. The van der Waals surface area contributed by atoms with Crippen molar-refractivity contribution in [3.63, 3.8) is 0 Å². The molecule has 0 N–H and O–H groups in total. The number of rotatable bonds is 1. The molecule has 6 heavy (non-hydrogen) atoms. The largest absolute Gasteiger partial charge is 0.233 e. The summed E-state index contributed by atoms with van der Waals surface area (Å²) in [5.41, 5.74) is 1.40. The van der Waals surface area contributed by atoms with E-state index in [-0.39, 0.29) is 0 Å². The lowest BCUT2D eigenvalue weighted by molar-refractivity contribution is -0.470. The van der Waals surface area contributed by atoms with Crippen molar-refractivity contribution in [2.24, 2.45) is 0 Å². The van der Waals surface area contributed by atoms with Crippen molar-refractivity contribution >= 4 is 28.9 Å². The summed E-state index contributed by atoms with van der Waals surface area (Å²) in [6, 6.07) is 0.448. The molecule has 1 nitrogen and oxygen atoms in total. The summed E-state index contributed by atoms with van der Waals surface area (Å²) in [6.07, 6.45) is 0. The van der Waals surface area contributed by atoms with E-state index in [1.165, 1.54) is 5.67 Å². The van der Waals surface area contributed by atoms with Gasteiger partial charge in [0.2, 0.25) is 11.7 Å². The molecule has 3 heteroatoms. The maximum atomic E-state index is 5.26. The predicted octanol–water partition coefficient (Wildman–Crippen LogP) is 1.09. The van der Waals surface area contributed by atoms with Gasteiger partial charge in [-0.1, -0.05) is 11.6 Å². The van der Waals surface area contributed by atoms with Crippen molar-refractivity contribution in [2.75, 3.05) is 13.1 Å². The highest BCUT2D eigenvalue weighted by molar-refractivity contribution is 6.54. The van der Waals surface area contributed by atoms with E-state index >= 15 is 0 Å². The van der Waals surface area contributed by atoms with E-state index in [1.54, 1.807) is 11.6 Å². The fourth-order valence-electron chi connectivity index (χ4n) is 0.0261. The molecule has 0 rings (SSSR count). The second-order valence-electron chi connectivity index (χ2n) is 0.974. The Morgan fingerprint density at radius 3 is 2.33 bits per heavy atom. The fourth-order valence-corrected chi connectivity index (χ4v) is 0.235. The van der Waals surface area contributed by atoms with Crippen molar-refractivity contribution < 1.29 is 4.58 Å². The van der Waals surface area contributed by atoms with Gasteiger partial charge < -0.3 is 0 Å². The number of halogens is 2. The maximum Gasteiger partial charge on any atom is 0.233 e. The van der Waals surface area contributed by atoms with Gasteiger partial charge in [0.05, 0.1) is 0 Å². The van der Waals surface area contributed by atoms with E-state index in [9.17, 15) is 0 Å². The van der Waals surface area contributed by atoms with Gasteiger partial charge in [-0.25, -0.2) is 4.58 Å². The fraction of sp³-hybridized carbons (Fsp3) is 0.667. The quantitative estimate of drug-likeness (QED) is 0.214. The number of hydrogen-bond donors (Lipinski definition) is 0. The molecule has 0 unspecified atom stereocenters. The molecule has 0 atom stereocenters. The first-order valence-corrected chi connectivity index (χ1v) is 2.48. The van der Waals surface area contributed by atoms with Crippen molar-refractivity contribution in [1.29, 1.82) is 0 Å². The Hall–Kier alpha value is 0.250. The molecule has 0 fully saturated rings. The smallest absolute Gasteiger partial charge is 0.215 e. The Morgan fingerprint density at radius 1 is 1.83 bits per heavy atom. The first-order chi connectivity index (χ1) is 2.81.